The number of carboxylic acid groups (broad SMARTS) is 1. The number of carbonyl (C=O) groups is 1. The Balaban J connectivity index is 2.46. The molecule has 2 N–H and O–H groups in total. The van der Waals surface area contributed by atoms with Crippen LogP contribution in [0.3, 0.4) is 0 Å². The maximum Gasteiger partial charge on any atom is 0.415 e. The zero-order valence-electron chi connectivity index (χ0n) is 6.32. The van der Waals surface area contributed by atoms with Gasteiger partial charge in [-0.2, -0.15) is 0 Å². The monoisotopic (exact) mass is 164 g/mol. The van der Waals surface area contributed by atoms with Crippen LogP contribution in [0.1, 0.15) is 5.56 Å². The predicted molar refractivity (Wildman–Crippen MR) is 45.4 cm³/mol. The first-order chi connectivity index (χ1) is 5.77. The van der Waals surface area contributed by atoms with Gasteiger partial charge in [-0.15, -0.1) is 0 Å². The van der Waals surface area contributed by atoms with E-state index in [9.17, 15) is 4.79 Å². The lowest BCUT2D eigenvalue weighted by Gasteiger charge is -2.05. The van der Waals surface area contributed by atoms with Crippen LogP contribution >= 0.6 is 0 Å². The number of anilines is 1. The zero-order chi connectivity index (χ0) is 8.55. The molecule has 0 bridgehead atoms. The Morgan fingerprint density at radius 3 is 3.08 bits per heavy atom. The lowest BCUT2D eigenvalue weighted by Crippen LogP contribution is -2.04. The first kappa shape index (κ1) is 6.97. The van der Waals surface area contributed by atoms with E-state index in [2.05, 4.69) is 5.32 Å². The summed E-state index contributed by atoms with van der Waals surface area (Å²) in [6, 6.07) is 0. The Kier molecular flexibility index (Phi) is 1.40. The minimum Gasteiger partial charge on any atom is -0.464 e. The molecular weight excluding hydrogens is 156 g/mol. The van der Waals surface area contributed by atoms with Gasteiger partial charge in [0.25, 0.3) is 0 Å². The highest BCUT2D eigenvalue weighted by Crippen LogP contribution is 2.21. The quantitative estimate of drug-likeness (QED) is 0.610. The van der Waals surface area contributed by atoms with Crippen molar-refractivity contribution in [2.75, 3.05) is 11.9 Å². The Morgan fingerprint density at radius 2 is 2.42 bits per heavy atom. The van der Waals surface area contributed by atoms with E-state index in [1.807, 2.05) is 12.2 Å². The van der Waals surface area contributed by atoms with Gasteiger partial charge in [0.15, 0.2) is 0 Å². The maximum absolute atomic E-state index is 10.5. The van der Waals surface area contributed by atoms with Gasteiger partial charge >= 0.3 is 6.09 Å². The Hall–Kier alpha value is -1.71. The lowest BCUT2D eigenvalue weighted by atomic mass is 10.2. The van der Waals surface area contributed by atoms with Crippen molar-refractivity contribution in [3.63, 3.8) is 0 Å². The average Bonchev–Trinajstić information content (AvgIpc) is 2.46. The molecule has 1 aromatic heterocycles. The Morgan fingerprint density at radius 1 is 1.58 bits per heavy atom. The maximum atomic E-state index is 10.5. The SMILES string of the molecule is O=C(O)n1cc2c(c1)NCC=C2. The number of aromatic nitrogens is 1. The second-order valence-corrected chi connectivity index (χ2v) is 2.60. The standard InChI is InChI=1S/C8H8N2O2/c11-8(12)10-4-6-2-1-3-9-7(6)5-10/h1-2,4-5,9H,3H2,(H,11,12). The molecule has 0 fully saturated rings. The smallest absolute Gasteiger partial charge is 0.415 e. The molecule has 0 amide bonds. The van der Waals surface area contributed by atoms with Gasteiger partial charge in [0.2, 0.25) is 0 Å². The van der Waals surface area contributed by atoms with Crippen molar-refractivity contribution < 1.29 is 9.90 Å². The highest BCUT2D eigenvalue weighted by Gasteiger charge is 2.09. The minimum atomic E-state index is -0.959. The molecule has 0 radical (unpaired) electrons. The second-order valence-electron chi connectivity index (χ2n) is 2.60. The summed E-state index contributed by atoms with van der Waals surface area (Å²) in [5.41, 5.74) is 1.79. The fourth-order valence-corrected chi connectivity index (χ4v) is 1.22. The van der Waals surface area contributed by atoms with E-state index in [-0.39, 0.29) is 0 Å². The molecule has 0 aliphatic carbocycles. The van der Waals surface area contributed by atoms with Crippen molar-refractivity contribution in [1.29, 1.82) is 0 Å². The third kappa shape index (κ3) is 0.972. The molecule has 1 aromatic rings. The van der Waals surface area contributed by atoms with Gasteiger partial charge in [-0.25, -0.2) is 4.79 Å². The zero-order valence-corrected chi connectivity index (χ0v) is 6.32. The Labute approximate surface area is 69.1 Å². The number of rotatable bonds is 0. The van der Waals surface area contributed by atoms with Crippen molar-refractivity contribution in [2.24, 2.45) is 0 Å². The van der Waals surface area contributed by atoms with Crippen molar-refractivity contribution in [3.8, 4) is 0 Å². The van der Waals surface area contributed by atoms with E-state index < -0.39 is 6.09 Å². The van der Waals surface area contributed by atoms with Crippen LogP contribution in [0, 0.1) is 0 Å². The van der Waals surface area contributed by atoms with Gasteiger partial charge in [-0.1, -0.05) is 12.2 Å². The van der Waals surface area contributed by atoms with Gasteiger partial charge in [0, 0.05) is 24.5 Å². The summed E-state index contributed by atoms with van der Waals surface area (Å²) in [6.45, 7) is 0.761. The molecule has 12 heavy (non-hydrogen) atoms. The molecule has 1 aliphatic rings. The number of nitrogens with one attached hydrogen (secondary N) is 1. The molecule has 2 rings (SSSR count). The van der Waals surface area contributed by atoms with Crippen molar-refractivity contribution in [1.82, 2.24) is 4.57 Å². The molecule has 2 heterocycles. The first-order valence-electron chi connectivity index (χ1n) is 3.63. The van der Waals surface area contributed by atoms with E-state index in [0.29, 0.717) is 0 Å². The van der Waals surface area contributed by atoms with Crippen molar-refractivity contribution >= 4 is 17.9 Å². The van der Waals surface area contributed by atoms with E-state index in [1.165, 1.54) is 0 Å². The van der Waals surface area contributed by atoms with Crippen LogP contribution in [-0.4, -0.2) is 22.3 Å². The third-order valence-electron chi connectivity index (χ3n) is 1.79. The molecule has 62 valence electrons. The van der Waals surface area contributed by atoms with Crippen LogP contribution in [0.5, 0.6) is 0 Å². The van der Waals surface area contributed by atoms with E-state index in [0.717, 1.165) is 22.4 Å². The third-order valence-corrected chi connectivity index (χ3v) is 1.79. The van der Waals surface area contributed by atoms with Gasteiger partial charge in [0.1, 0.15) is 0 Å². The van der Waals surface area contributed by atoms with Crippen LogP contribution in [0.4, 0.5) is 10.5 Å². The summed E-state index contributed by atoms with van der Waals surface area (Å²) in [5, 5.41) is 11.7. The molecule has 0 saturated carbocycles. The Bertz CT molecular complexity index is 352. The summed E-state index contributed by atoms with van der Waals surface area (Å²) in [4.78, 5) is 10.5. The summed E-state index contributed by atoms with van der Waals surface area (Å²) in [7, 11) is 0. The van der Waals surface area contributed by atoms with E-state index in [1.54, 1.807) is 12.4 Å². The minimum absolute atomic E-state index is 0.761. The van der Waals surface area contributed by atoms with Gasteiger partial charge in [-0.05, 0) is 0 Å². The first-order valence-corrected chi connectivity index (χ1v) is 3.63. The molecule has 0 spiro atoms. The molecule has 4 nitrogen and oxygen atoms in total. The summed E-state index contributed by atoms with van der Waals surface area (Å²) in [6.07, 6.45) is 6.06. The van der Waals surface area contributed by atoms with Crippen LogP contribution in [0.2, 0.25) is 0 Å². The average molecular weight is 164 g/mol. The highest BCUT2D eigenvalue weighted by atomic mass is 16.4. The number of fused-ring (bicyclic) bond motifs is 1. The van der Waals surface area contributed by atoms with Crippen LogP contribution in [0.25, 0.3) is 6.08 Å². The van der Waals surface area contributed by atoms with Gasteiger partial charge in [0.05, 0.1) is 5.69 Å². The normalized spacial score (nSPS) is 13.7. The molecule has 0 saturated heterocycles. The van der Waals surface area contributed by atoms with Gasteiger partial charge in [-0.3, -0.25) is 4.57 Å². The number of hydrogen-bond acceptors (Lipinski definition) is 2. The molecule has 0 atom stereocenters. The summed E-state index contributed by atoms with van der Waals surface area (Å²) in [5.74, 6) is 0. The van der Waals surface area contributed by atoms with Crippen LogP contribution < -0.4 is 5.32 Å². The number of nitrogens with zero attached hydrogens (tertiary/aromatic N) is 1. The summed E-state index contributed by atoms with van der Waals surface area (Å²) < 4.78 is 1.15. The number of hydrogen-bond donors (Lipinski definition) is 2. The topological polar surface area (TPSA) is 54.3 Å². The van der Waals surface area contributed by atoms with E-state index in [4.69, 9.17) is 5.11 Å². The second kappa shape index (κ2) is 2.41. The van der Waals surface area contributed by atoms with Gasteiger partial charge < -0.3 is 10.4 Å². The fourth-order valence-electron chi connectivity index (χ4n) is 1.22. The fraction of sp³-hybridized carbons (Fsp3) is 0.125. The molecule has 0 unspecified atom stereocenters. The highest BCUT2D eigenvalue weighted by molar-refractivity contribution is 5.76. The van der Waals surface area contributed by atoms with Crippen molar-refractivity contribution in [3.05, 3.63) is 24.0 Å². The van der Waals surface area contributed by atoms with Crippen LogP contribution in [0.15, 0.2) is 18.5 Å². The molecular formula is C8H8N2O2. The molecule has 0 aromatic carbocycles. The summed E-state index contributed by atoms with van der Waals surface area (Å²) >= 11 is 0. The van der Waals surface area contributed by atoms with Crippen LogP contribution in [-0.2, 0) is 0 Å². The van der Waals surface area contributed by atoms with E-state index >= 15 is 0 Å². The van der Waals surface area contributed by atoms with Crippen molar-refractivity contribution in [2.45, 2.75) is 0 Å². The predicted octanol–water partition coefficient (Wildman–Crippen LogP) is 1.45. The molecule has 4 heteroatoms. The largest absolute Gasteiger partial charge is 0.464 e. The molecule has 1 aliphatic heterocycles. The lowest BCUT2D eigenvalue weighted by molar-refractivity contribution is 0.196.